The predicted molar refractivity (Wildman–Crippen MR) is 45.2 cm³/mol. The van der Waals surface area contributed by atoms with Gasteiger partial charge in [0.1, 0.15) is 0 Å². The van der Waals surface area contributed by atoms with Crippen molar-refractivity contribution in [1.29, 1.82) is 0 Å². The summed E-state index contributed by atoms with van der Waals surface area (Å²) in [5, 5.41) is 0. The van der Waals surface area contributed by atoms with E-state index in [-0.39, 0.29) is 5.97 Å². The summed E-state index contributed by atoms with van der Waals surface area (Å²) in [7, 11) is 0. The summed E-state index contributed by atoms with van der Waals surface area (Å²) in [5.74, 6) is -0.284. The van der Waals surface area contributed by atoms with Gasteiger partial charge in [-0.25, -0.2) is 4.79 Å². The van der Waals surface area contributed by atoms with Crippen molar-refractivity contribution in [3.05, 3.63) is 24.3 Å². The van der Waals surface area contributed by atoms with Crippen molar-refractivity contribution < 1.29 is 9.53 Å². The minimum atomic E-state index is -0.284. The van der Waals surface area contributed by atoms with Gasteiger partial charge in [0.15, 0.2) is 0 Å². The molecule has 0 aliphatic rings. The Hall–Kier alpha value is -1.05. The summed E-state index contributed by atoms with van der Waals surface area (Å²) in [5.41, 5.74) is 0. The Kier molecular flexibility index (Phi) is 6.39. The molecule has 0 aromatic carbocycles. The number of hydrogen-bond donors (Lipinski definition) is 0. The third-order valence-corrected chi connectivity index (χ3v) is 1.00. The lowest BCUT2D eigenvalue weighted by Gasteiger charge is -1.92. The van der Waals surface area contributed by atoms with Crippen molar-refractivity contribution in [2.75, 3.05) is 6.61 Å². The second kappa shape index (κ2) is 7.06. The van der Waals surface area contributed by atoms with Crippen LogP contribution in [0, 0.1) is 0 Å². The maximum atomic E-state index is 10.7. The Bertz CT molecular complexity index is 157. The molecule has 0 saturated carbocycles. The second-order valence-corrected chi connectivity index (χ2v) is 1.95. The Morgan fingerprint density at radius 2 is 2.09 bits per heavy atom. The largest absolute Gasteiger partial charge is 0.463 e. The number of esters is 1. The molecule has 0 aliphatic heterocycles. The van der Waals surface area contributed by atoms with E-state index < -0.39 is 0 Å². The molecule has 0 atom stereocenters. The van der Waals surface area contributed by atoms with Crippen molar-refractivity contribution in [3.8, 4) is 0 Å². The zero-order chi connectivity index (χ0) is 8.53. The van der Waals surface area contributed by atoms with Gasteiger partial charge in [0, 0.05) is 6.08 Å². The summed E-state index contributed by atoms with van der Waals surface area (Å²) in [6.45, 7) is 4.25. The van der Waals surface area contributed by atoms with E-state index in [0.717, 1.165) is 6.42 Å². The van der Waals surface area contributed by atoms with Gasteiger partial charge < -0.3 is 4.74 Å². The molecule has 62 valence electrons. The lowest BCUT2D eigenvalue weighted by Crippen LogP contribution is -1.98. The number of rotatable bonds is 4. The Morgan fingerprint density at radius 3 is 2.64 bits per heavy atom. The quantitative estimate of drug-likeness (QED) is 0.352. The van der Waals surface area contributed by atoms with Gasteiger partial charge in [0.2, 0.25) is 0 Å². The molecule has 2 nitrogen and oxygen atoms in total. The zero-order valence-corrected chi connectivity index (χ0v) is 7.04. The molecule has 0 heterocycles. The first-order valence-corrected chi connectivity index (χ1v) is 3.81. The number of carbonyl (C=O) groups excluding carboxylic acids is 1. The standard InChI is InChI=1S/C9H14O2/c1-3-5-6-7-8-9(10)11-4-2/h5-8H,3-4H2,1-2H3/b6-5+,8-7+. The van der Waals surface area contributed by atoms with Gasteiger partial charge in [-0.2, -0.15) is 0 Å². The number of allylic oxidation sites excluding steroid dienone is 3. The Labute approximate surface area is 67.6 Å². The number of ether oxygens (including phenoxy) is 1. The molecule has 0 spiro atoms. The van der Waals surface area contributed by atoms with Gasteiger partial charge in [-0.1, -0.05) is 25.2 Å². The van der Waals surface area contributed by atoms with Crippen LogP contribution in [0.1, 0.15) is 20.3 Å². The molecule has 0 radical (unpaired) electrons. The minimum absolute atomic E-state index is 0.284. The summed E-state index contributed by atoms with van der Waals surface area (Å²) in [4.78, 5) is 10.7. The van der Waals surface area contributed by atoms with E-state index in [9.17, 15) is 4.79 Å². The smallest absolute Gasteiger partial charge is 0.330 e. The van der Waals surface area contributed by atoms with Gasteiger partial charge in [0.25, 0.3) is 0 Å². The highest BCUT2D eigenvalue weighted by atomic mass is 16.5. The van der Waals surface area contributed by atoms with E-state index in [0.29, 0.717) is 6.61 Å². The zero-order valence-electron chi connectivity index (χ0n) is 7.04. The molecule has 0 bridgehead atoms. The summed E-state index contributed by atoms with van der Waals surface area (Å²) in [6.07, 6.45) is 7.87. The second-order valence-electron chi connectivity index (χ2n) is 1.95. The number of carbonyl (C=O) groups is 1. The van der Waals surface area contributed by atoms with Crippen molar-refractivity contribution in [2.45, 2.75) is 20.3 Å². The highest BCUT2D eigenvalue weighted by Crippen LogP contribution is 1.84. The average molecular weight is 154 g/mol. The van der Waals surface area contributed by atoms with Crippen LogP contribution in [0.5, 0.6) is 0 Å². The van der Waals surface area contributed by atoms with Crippen LogP contribution in [0.15, 0.2) is 24.3 Å². The predicted octanol–water partition coefficient (Wildman–Crippen LogP) is 2.07. The van der Waals surface area contributed by atoms with Crippen molar-refractivity contribution in [1.82, 2.24) is 0 Å². The normalized spacial score (nSPS) is 11.1. The van der Waals surface area contributed by atoms with Crippen LogP contribution >= 0.6 is 0 Å². The van der Waals surface area contributed by atoms with Crippen LogP contribution in [0.25, 0.3) is 0 Å². The molecular weight excluding hydrogens is 140 g/mol. The Balaban J connectivity index is 3.56. The molecule has 0 N–H and O–H groups in total. The first-order valence-electron chi connectivity index (χ1n) is 3.81. The van der Waals surface area contributed by atoms with Crippen LogP contribution < -0.4 is 0 Å². The maximum absolute atomic E-state index is 10.7. The first kappa shape index (κ1) is 9.95. The molecule has 11 heavy (non-hydrogen) atoms. The summed E-state index contributed by atoms with van der Waals surface area (Å²) < 4.78 is 4.66. The van der Waals surface area contributed by atoms with Gasteiger partial charge in [-0.05, 0) is 13.3 Å². The molecule has 2 heteroatoms. The van der Waals surface area contributed by atoms with E-state index in [1.165, 1.54) is 6.08 Å². The van der Waals surface area contributed by atoms with E-state index in [1.807, 2.05) is 19.1 Å². The summed E-state index contributed by atoms with van der Waals surface area (Å²) in [6, 6.07) is 0. The van der Waals surface area contributed by atoms with Gasteiger partial charge in [-0.3, -0.25) is 0 Å². The fourth-order valence-electron chi connectivity index (χ4n) is 0.539. The highest BCUT2D eigenvalue weighted by Gasteiger charge is 1.89. The molecule has 0 saturated heterocycles. The van der Waals surface area contributed by atoms with Crippen molar-refractivity contribution in [2.24, 2.45) is 0 Å². The fourth-order valence-corrected chi connectivity index (χ4v) is 0.539. The van der Waals surface area contributed by atoms with Crippen molar-refractivity contribution >= 4 is 5.97 Å². The van der Waals surface area contributed by atoms with Crippen LogP contribution in [0.3, 0.4) is 0 Å². The monoisotopic (exact) mass is 154 g/mol. The van der Waals surface area contributed by atoms with E-state index >= 15 is 0 Å². The number of hydrogen-bond acceptors (Lipinski definition) is 2. The molecule has 0 rings (SSSR count). The van der Waals surface area contributed by atoms with E-state index in [2.05, 4.69) is 4.74 Å². The van der Waals surface area contributed by atoms with Gasteiger partial charge >= 0.3 is 5.97 Å². The first-order chi connectivity index (χ1) is 5.31. The van der Waals surface area contributed by atoms with E-state index in [4.69, 9.17) is 0 Å². The van der Waals surface area contributed by atoms with Gasteiger partial charge in [-0.15, -0.1) is 0 Å². The topological polar surface area (TPSA) is 26.3 Å². The highest BCUT2D eigenvalue weighted by molar-refractivity contribution is 5.82. The van der Waals surface area contributed by atoms with Crippen LogP contribution in [0.2, 0.25) is 0 Å². The minimum Gasteiger partial charge on any atom is -0.463 e. The third-order valence-electron chi connectivity index (χ3n) is 1.00. The average Bonchev–Trinajstić information content (AvgIpc) is 1.99. The third kappa shape index (κ3) is 6.84. The molecule has 0 aromatic rings. The van der Waals surface area contributed by atoms with Crippen LogP contribution in [-0.2, 0) is 9.53 Å². The Morgan fingerprint density at radius 1 is 1.36 bits per heavy atom. The van der Waals surface area contributed by atoms with Crippen LogP contribution in [0.4, 0.5) is 0 Å². The fraction of sp³-hybridized carbons (Fsp3) is 0.444. The maximum Gasteiger partial charge on any atom is 0.330 e. The van der Waals surface area contributed by atoms with Gasteiger partial charge in [0.05, 0.1) is 6.61 Å². The SMILES string of the molecule is CC/C=C/C=C/C(=O)OCC. The lowest BCUT2D eigenvalue weighted by atomic mass is 10.4. The lowest BCUT2D eigenvalue weighted by molar-refractivity contribution is -0.137. The molecular formula is C9H14O2. The molecule has 0 aliphatic carbocycles. The van der Waals surface area contributed by atoms with E-state index in [1.54, 1.807) is 13.0 Å². The molecule has 0 fully saturated rings. The molecule has 0 aromatic heterocycles. The van der Waals surface area contributed by atoms with Crippen molar-refractivity contribution in [3.63, 3.8) is 0 Å². The molecule has 0 unspecified atom stereocenters. The summed E-state index contributed by atoms with van der Waals surface area (Å²) >= 11 is 0. The molecule has 0 amide bonds. The van der Waals surface area contributed by atoms with Crippen LogP contribution in [-0.4, -0.2) is 12.6 Å².